The first kappa shape index (κ1) is 11.1. The smallest absolute Gasteiger partial charge is 0.387 e. The second kappa shape index (κ2) is 4.03. The van der Waals surface area contributed by atoms with Crippen molar-refractivity contribution in [2.45, 2.75) is 6.61 Å². The number of hydrogen-bond donors (Lipinski definition) is 1. The zero-order valence-electron chi connectivity index (χ0n) is 7.12. The maximum absolute atomic E-state index is 13.0. The predicted molar refractivity (Wildman–Crippen MR) is 44.1 cm³/mol. The summed E-state index contributed by atoms with van der Waals surface area (Å²) in [6.07, 6.45) is 0. The normalized spacial score (nSPS) is 10.4. The molecule has 0 aliphatic carbocycles. The Kier molecular flexibility index (Phi) is 2.98. The topological polar surface area (TPSA) is 78.4 Å². The van der Waals surface area contributed by atoms with Gasteiger partial charge in [-0.1, -0.05) is 0 Å². The van der Waals surface area contributed by atoms with Gasteiger partial charge in [-0.25, -0.2) is 0 Å². The zero-order chi connectivity index (χ0) is 11.6. The molecule has 5 nitrogen and oxygen atoms in total. The number of nitrogens with two attached hydrogens (primary N) is 1. The average molecular weight is 222 g/mol. The molecule has 8 heteroatoms. The van der Waals surface area contributed by atoms with Crippen molar-refractivity contribution in [2.24, 2.45) is 0 Å². The fourth-order valence-electron chi connectivity index (χ4n) is 0.958. The molecule has 0 spiro atoms. The Bertz CT molecular complexity index is 374. The minimum Gasteiger partial charge on any atom is -0.435 e. The Morgan fingerprint density at radius 3 is 2.47 bits per heavy atom. The summed E-state index contributed by atoms with van der Waals surface area (Å²) >= 11 is 0. The van der Waals surface area contributed by atoms with E-state index in [-0.39, 0.29) is 0 Å². The van der Waals surface area contributed by atoms with E-state index in [4.69, 9.17) is 5.73 Å². The van der Waals surface area contributed by atoms with Gasteiger partial charge >= 0.3 is 12.3 Å². The number of nitro benzene ring substituents is 1. The van der Waals surface area contributed by atoms with Crippen molar-refractivity contribution in [1.29, 1.82) is 0 Å². The number of nitrogens with zero attached hydrogens (tertiary/aromatic N) is 1. The van der Waals surface area contributed by atoms with E-state index < -0.39 is 34.5 Å². The van der Waals surface area contributed by atoms with Crippen LogP contribution in [0.4, 0.5) is 24.5 Å². The number of alkyl halides is 2. The lowest BCUT2D eigenvalue weighted by molar-refractivity contribution is -0.386. The Hall–Kier alpha value is -1.99. The highest BCUT2D eigenvalue weighted by Gasteiger charge is 2.21. The molecule has 0 heterocycles. The first-order valence-corrected chi connectivity index (χ1v) is 3.60. The molecule has 1 rings (SSSR count). The summed E-state index contributed by atoms with van der Waals surface area (Å²) in [7, 11) is 0. The van der Waals surface area contributed by atoms with E-state index in [1.165, 1.54) is 0 Å². The fraction of sp³-hybridized carbons (Fsp3) is 0.143. The van der Waals surface area contributed by atoms with E-state index in [9.17, 15) is 23.3 Å². The minimum absolute atomic E-state index is 0.473. The van der Waals surface area contributed by atoms with Crippen LogP contribution in [0.1, 0.15) is 0 Å². The molecule has 82 valence electrons. The highest BCUT2D eigenvalue weighted by molar-refractivity contribution is 5.61. The maximum atomic E-state index is 13.0. The molecule has 1 aromatic carbocycles. The van der Waals surface area contributed by atoms with Crippen molar-refractivity contribution in [1.82, 2.24) is 0 Å². The summed E-state index contributed by atoms with van der Waals surface area (Å²) in [6, 6.07) is 1.23. The first-order valence-electron chi connectivity index (χ1n) is 3.60. The van der Waals surface area contributed by atoms with E-state index in [2.05, 4.69) is 4.74 Å². The molecule has 0 aliphatic rings. The highest BCUT2D eigenvalue weighted by atomic mass is 19.3. The lowest BCUT2D eigenvalue weighted by Crippen LogP contribution is -2.05. The van der Waals surface area contributed by atoms with Crippen LogP contribution in [-0.4, -0.2) is 11.5 Å². The number of halogens is 3. The third-order valence-corrected chi connectivity index (χ3v) is 1.47. The number of nitrogen functional groups attached to an aromatic ring is 1. The van der Waals surface area contributed by atoms with Gasteiger partial charge in [0, 0.05) is 12.1 Å². The number of rotatable bonds is 3. The number of nitro groups is 1. The van der Waals surface area contributed by atoms with Crippen molar-refractivity contribution in [3.63, 3.8) is 0 Å². The Balaban J connectivity index is 3.14. The van der Waals surface area contributed by atoms with Crippen LogP contribution in [0.15, 0.2) is 12.1 Å². The second-order valence-corrected chi connectivity index (χ2v) is 2.48. The lowest BCUT2D eigenvalue weighted by Gasteiger charge is -2.05. The summed E-state index contributed by atoms with van der Waals surface area (Å²) < 4.78 is 40.2. The molecule has 0 bridgehead atoms. The average Bonchev–Trinajstić information content (AvgIpc) is 1.99. The van der Waals surface area contributed by atoms with Gasteiger partial charge in [-0.3, -0.25) is 10.1 Å². The lowest BCUT2D eigenvalue weighted by atomic mass is 10.2. The summed E-state index contributed by atoms with van der Waals surface area (Å²) in [4.78, 5) is 9.23. The van der Waals surface area contributed by atoms with Gasteiger partial charge in [-0.15, -0.1) is 0 Å². The number of anilines is 1. The van der Waals surface area contributed by atoms with Crippen molar-refractivity contribution < 1.29 is 22.8 Å². The van der Waals surface area contributed by atoms with Crippen LogP contribution in [0.5, 0.6) is 5.75 Å². The molecule has 2 N–H and O–H groups in total. The number of ether oxygens (including phenoxy) is 1. The van der Waals surface area contributed by atoms with Gasteiger partial charge in [0.15, 0.2) is 0 Å². The minimum atomic E-state index is -3.15. The summed E-state index contributed by atoms with van der Waals surface area (Å²) in [6.45, 7) is -3.15. The third kappa shape index (κ3) is 2.48. The Morgan fingerprint density at radius 1 is 1.47 bits per heavy atom. The van der Waals surface area contributed by atoms with Crippen LogP contribution in [-0.2, 0) is 0 Å². The van der Waals surface area contributed by atoms with Crippen molar-refractivity contribution in [2.75, 3.05) is 5.73 Å². The SMILES string of the molecule is Nc1cc(OC(F)F)cc(F)c1[N+](=O)[O-]. The van der Waals surface area contributed by atoms with E-state index in [1.807, 2.05) is 0 Å². The van der Waals surface area contributed by atoms with E-state index in [0.717, 1.165) is 6.07 Å². The van der Waals surface area contributed by atoms with Gasteiger partial charge in [0.2, 0.25) is 5.82 Å². The van der Waals surface area contributed by atoms with Crippen molar-refractivity contribution >= 4 is 11.4 Å². The molecular weight excluding hydrogens is 217 g/mol. The molecule has 0 radical (unpaired) electrons. The quantitative estimate of drug-likeness (QED) is 0.481. The fourth-order valence-corrected chi connectivity index (χ4v) is 0.958. The molecule has 0 saturated carbocycles. The Morgan fingerprint density at radius 2 is 2.07 bits per heavy atom. The maximum Gasteiger partial charge on any atom is 0.387 e. The molecule has 15 heavy (non-hydrogen) atoms. The molecule has 0 unspecified atom stereocenters. The van der Waals surface area contributed by atoms with Crippen LogP contribution in [0.25, 0.3) is 0 Å². The molecule has 0 atom stereocenters. The molecular formula is C7H5F3N2O3. The van der Waals surface area contributed by atoms with Gasteiger partial charge in [0.05, 0.1) is 4.92 Å². The largest absolute Gasteiger partial charge is 0.435 e. The predicted octanol–water partition coefficient (Wildman–Crippen LogP) is 1.92. The molecule has 1 aromatic rings. The van der Waals surface area contributed by atoms with E-state index in [0.29, 0.717) is 6.07 Å². The van der Waals surface area contributed by atoms with Crippen molar-refractivity contribution in [3.8, 4) is 5.75 Å². The van der Waals surface area contributed by atoms with Crippen molar-refractivity contribution in [3.05, 3.63) is 28.1 Å². The summed E-state index contributed by atoms with van der Waals surface area (Å²) in [5.41, 5.74) is 3.56. The standard InChI is InChI=1S/C7H5F3N2O3/c8-4-1-3(15-7(9)10)2-5(11)6(4)12(13)14/h1-2,7H,11H2. The van der Waals surface area contributed by atoms with Crippen LogP contribution in [0.3, 0.4) is 0 Å². The highest BCUT2D eigenvalue weighted by Crippen LogP contribution is 2.30. The molecule has 0 saturated heterocycles. The number of hydrogen-bond acceptors (Lipinski definition) is 4. The van der Waals surface area contributed by atoms with Gasteiger partial charge in [0.1, 0.15) is 11.4 Å². The van der Waals surface area contributed by atoms with Crippen LogP contribution >= 0.6 is 0 Å². The van der Waals surface area contributed by atoms with Gasteiger partial charge in [-0.2, -0.15) is 13.2 Å². The first-order chi connectivity index (χ1) is 6.91. The molecule has 0 fully saturated rings. The monoisotopic (exact) mass is 222 g/mol. The molecule has 0 amide bonds. The second-order valence-electron chi connectivity index (χ2n) is 2.48. The van der Waals surface area contributed by atoms with Crippen LogP contribution in [0, 0.1) is 15.9 Å². The van der Waals surface area contributed by atoms with Crippen LogP contribution < -0.4 is 10.5 Å². The van der Waals surface area contributed by atoms with Crippen LogP contribution in [0.2, 0.25) is 0 Å². The summed E-state index contributed by atoms with van der Waals surface area (Å²) in [5.74, 6) is -1.89. The number of benzene rings is 1. The van der Waals surface area contributed by atoms with Gasteiger partial charge < -0.3 is 10.5 Å². The Labute approximate surface area is 81.4 Å². The van der Waals surface area contributed by atoms with E-state index in [1.54, 1.807) is 0 Å². The van der Waals surface area contributed by atoms with Gasteiger partial charge in [0.25, 0.3) is 0 Å². The third-order valence-electron chi connectivity index (χ3n) is 1.47. The van der Waals surface area contributed by atoms with E-state index >= 15 is 0 Å². The molecule has 0 aromatic heterocycles. The van der Waals surface area contributed by atoms with Gasteiger partial charge in [-0.05, 0) is 0 Å². The summed E-state index contributed by atoms with van der Waals surface area (Å²) in [5, 5.41) is 10.3. The molecule has 0 aliphatic heterocycles. The zero-order valence-corrected chi connectivity index (χ0v) is 7.12.